The SMILES string of the molecule is NCONC(=O)OCc1ccccc1. The molecule has 0 radical (unpaired) electrons. The monoisotopic (exact) mass is 196 g/mol. The maximum absolute atomic E-state index is 10.9. The maximum Gasteiger partial charge on any atom is 0.431 e. The molecule has 0 fully saturated rings. The van der Waals surface area contributed by atoms with Crippen molar-refractivity contribution in [1.29, 1.82) is 0 Å². The topological polar surface area (TPSA) is 73.6 Å². The van der Waals surface area contributed by atoms with Crippen LogP contribution in [0.25, 0.3) is 0 Å². The van der Waals surface area contributed by atoms with Crippen LogP contribution in [0.5, 0.6) is 0 Å². The molecule has 14 heavy (non-hydrogen) atoms. The van der Waals surface area contributed by atoms with Gasteiger partial charge in [-0.1, -0.05) is 30.3 Å². The fourth-order valence-corrected chi connectivity index (χ4v) is 0.853. The van der Waals surface area contributed by atoms with Crippen LogP contribution in [0, 0.1) is 0 Å². The Morgan fingerprint density at radius 2 is 2.07 bits per heavy atom. The van der Waals surface area contributed by atoms with Gasteiger partial charge in [-0.2, -0.15) is 5.48 Å². The molecule has 0 saturated carbocycles. The lowest BCUT2D eigenvalue weighted by Crippen LogP contribution is -2.27. The van der Waals surface area contributed by atoms with Crippen LogP contribution in [0.4, 0.5) is 4.79 Å². The van der Waals surface area contributed by atoms with Crippen LogP contribution in [0.2, 0.25) is 0 Å². The minimum Gasteiger partial charge on any atom is -0.443 e. The van der Waals surface area contributed by atoms with E-state index in [2.05, 4.69) is 4.84 Å². The van der Waals surface area contributed by atoms with Crippen molar-refractivity contribution in [3.8, 4) is 0 Å². The van der Waals surface area contributed by atoms with Gasteiger partial charge in [-0.05, 0) is 5.56 Å². The van der Waals surface area contributed by atoms with Crippen molar-refractivity contribution in [2.75, 3.05) is 6.73 Å². The second-order valence-electron chi connectivity index (χ2n) is 2.47. The zero-order chi connectivity index (χ0) is 10.2. The van der Waals surface area contributed by atoms with E-state index in [0.29, 0.717) is 0 Å². The largest absolute Gasteiger partial charge is 0.443 e. The van der Waals surface area contributed by atoms with Gasteiger partial charge in [0.1, 0.15) is 13.3 Å². The third kappa shape index (κ3) is 3.88. The maximum atomic E-state index is 10.9. The van der Waals surface area contributed by atoms with Crippen LogP contribution in [-0.4, -0.2) is 12.8 Å². The van der Waals surface area contributed by atoms with Gasteiger partial charge < -0.3 is 10.5 Å². The summed E-state index contributed by atoms with van der Waals surface area (Å²) in [5, 5.41) is 0. The number of carbonyl (C=O) groups excluding carboxylic acids is 1. The molecule has 5 heteroatoms. The fourth-order valence-electron chi connectivity index (χ4n) is 0.853. The van der Waals surface area contributed by atoms with Gasteiger partial charge in [0.15, 0.2) is 0 Å². The van der Waals surface area contributed by atoms with Crippen LogP contribution in [0.15, 0.2) is 30.3 Å². The summed E-state index contributed by atoms with van der Waals surface area (Å²) in [6, 6.07) is 9.34. The number of nitrogens with one attached hydrogen (secondary N) is 1. The summed E-state index contributed by atoms with van der Waals surface area (Å²) in [4.78, 5) is 15.3. The third-order valence-electron chi connectivity index (χ3n) is 1.45. The zero-order valence-corrected chi connectivity index (χ0v) is 7.60. The molecule has 0 aliphatic heterocycles. The molecular formula is C9H12N2O3. The first-order chi connectivity index (χ1) is 6.83. The number of ether oxygens (including phenoxy) is 1. The van der Waals surface area contributed by atoms with Gasteiger partial charge in [0, 0.05) is 0 Å². The molecule has 0 heterocycles. The Balaban J connectivity index is 2.24. The van der Waals surface area contributed by atoms with Crippen LogP contribution < -0.4 is 11.2 Å². The number of rotatable bonds is 4. The lowest BCUT2D eigenvalue weighted by Gasteiger charge is -2.05. The van der Waals surface area contributed by atoms with Crippen molar-refractivity contribution in [1.82, 2.24) is 5.48 Å². The van der Waals surface area contributed by atoms with E-state index in [-0.39, 0.29) is 13.3 Å². The van der Waals surface area contributed by atoms with Crippen LogP contribution in [-0.2, 0) is 16.2 Å². The highest BCUT2D eigenvalue weighted by atomic mass is 16.7. The van der Waals surface area contributed by atoms with E-state index in [0.717, 1.165) is 5.56 Å². The van der Waals surface area contributed by atoms with Gasteiger partial charge in [0.2, 0.25) is 0 Å². The minimum atomic E-state index is -0.653. The minimum absolute atomic E-state index is 0.0829. The molecule has 3 N–H and O–H groups in total. The van der Waals surface area contributed by atoms with E-state index < -0.39 is 6.09 Å². The van der Waals surface area contributed by atoms with Gasteiger partial charge >= 0.3 is 6.09 Å². The smallest absolute Gasteiger partial charge is 0.431 e. The quantitative estimate of drug-likeness (QED) is 0.550. The van der Waals surface area contributed by atoms with E-state index in [9.17, 15) is 4.79 Å². The number of carbonyl (C=O) groups is 1. The van der Waals surface area contributed by atoms with Gasteiger partial charge in [-0.25, -0.2) is 4.79 Å². The molecule has 0 unspecified atom stereocenters. The second-order valence-corrected chi connectivity index (χ2v) is 2.47. The number of nitrogens with two attached hydrogens (primary N) is 1. The normalized spacial score (nSPS) is 9.50. The Hall–Kier alpha value is -1.59. The number of amides is 1. The molecule has 0 atom stereocenters. The summed E-state index contributed by atoms with van der Waals surface area (Å²) in [6.07, 6.45) is -0.653. The summed E-state index contributed by atoms with van der Waals surface area (Å²) < 4.78 is 4.80. The highest BCUT2D eigenvalue weighted by molar-refractivity contribution is 5.65. The first-order valence-corrected chi connectivity index (χ1v) is 4.11. The lowest BCUT2D eigenvalue weighted by atomic mass is 10.2. The first kappa shape index (κ1) is 10.5. The van der Waals surface area contributed by atoms with Crippen LogP contribution >= 0.6 is 0 Å². The molecule has 0 spiro atoms. The van der Waals surface area contributed by atoms with Crippen LogP contribution in [0.1, 0.15) is 5.56 Å². The molecule has 0 aromatic heterocycles. The Morgan fingerprint density at radius 3 is 2.71 bits per heavy atom. The lowest BCUT2D eigenvalue weighted by molar-refractivity contribution is 0.0284. The molecule has 0 aliphatic carbocycles. The molecule has 1 rings (SSSR count). The fraction of sp³-hybridized carbons (Fsp3) is 0.222. The van der Waals surface area contributed by atoms with Crippen LogP contribution in [0.3, 0.4) is 0 Å². The standard InChI is InChI=1S/C9H12N2O3/c10-7-14-11-9(12)13-6-8-4-2-1-3-5-8/h1-5H,6-7,10H2,(H,11,12). The average Bonchev–Trinajstić information content (AvgIpc) is 2.25. The average molecular weight is 196 g/mol. The first-order valence-electron chi connectivity index (χ1n) is 4.11. The van der Waals surface area contributed by atoms with Crippen molar-refractivity contribution in [3.63, 3.8) is 0 Å². The van der Waals surface area contributed by atoms with Crippen molar-refractivity contribution in [2.45, 2.75) is 6.61 Å². The molecule has 1 amide bonds. The summed E-state index contributed by atoms with van der Waals surface area (Å²) in [5.74, 6) is 0. The number of benzene rings is 1. The molecule has 0 aliphatic rings. The molecule has 0 bridgehead atoms. The Bertz CT molecular complexity index is 277. The second kappa shape index (κ2) is 5.95. The predicted molar refractivity (Wildman–Crippen MR) is 49.9 cm³/mol. The van der Waals surface area contributed by atoms with E-state index >= 15 is 0 Å². The summed E-state index contributed by atoms with van der Waals surface area (Å²) in [5.41, 5.74) is 7.92. The van der Waals surface area contributed by atoms with Crippen molar-refractivity contribution in [3.05, 3.63) is 35.9 Å². The van der Waals surface area contributed by atoms with Gasteiger partial charge in [0.25, 0.3) is 0 Å². The zero-order valence-electron chi connectivity index (χ0n) is 7.60. The highest BCUT2D eigenvalue weighted by Gasteiger charge is 2.00. The molecule has 1 aromatic carbocycles. The Labute approximate surface area is 81.8 Å². The third-order valence-corrected chi connectivity index (χ3v) is 1.45. The van der Waals surface area contributed by atoms with Crippen molar-refractivity contribution in [2.24, 2.45) is 5.73 Å². The molecule has 76 valence electrons. The highest BCUT2D eigenvalue weighted by Crippen LogP contribution is 2.00. The van der Waals surface area contributed by atoms with E-state index in [1.807, 2.05) is 35.8 Å². The predicted octanol–water partition coefficient (Wildman–Crippen LogP) is 0.761. The van der Waals surface area contributed by atoms with Gasteiger partial charge in [-0.15, -0.1) is 0 Å². The molecule has 0 saturated heterocycles. The summed E-state index contributed by atoms with van der Waals surface area (Å²) in [7, 11) is 0. The van der Waals surface area contributed by atoms with E-state index in [4.69, 9.17) is 10.5 Å². The van der Waals surface area contributed by atoms with Gasteiger partial charge in [-0.3, -0.25) is 4.84 Å². The Kier molecular flexibility index (Phi) is 4.46. The summed E-state index contributed by atoms with van der Waals surface area (Å²) >= 11 is 0. The van der Waals surface area contributed by atoms with E-state index in [1.165, 1.54) is 0 Å². The molecule has 1 aromatic rings. The number of hydrogen-bond donors (Lipinski definition) is 2. The van der Waals surface area contributed by atoms with E-state index in [1.54, 1.807) is 0 Å². The van der Waals surface area contributed by atoms with Crippen molar-refractivity contribution < 1.29 is 14.4 Å². The van der Waals surface area contributed by atoms with Crippen molar-refractivity contribution >= 4 is 6.09 Å². The number of hydroxylamine groups is 1. The summed E-state index contributed by atoms with van der Waals surface area (Å²) in [6.45, 7) is 0.126. The number of hydrogen-bond acceptors (Lipinski definition) is 4. The molecular weight excluding hydrogens is 184 g/mol. The molecule has 5 nitrogen and oxygen atoms in total. The van der Waals surface area contributed by atoms with Gasteiger partial charge in [0.05, 0.1) is 0 Å². The Morgan fingerprint density at radius 1 is 1.36 bits per heavy atom.